The molecule has 0 aliphatic carbocycles. The lowest BCUT2D eigenvalue weighted by molar-refractivity contribution is 0.183. The Kier molecular flexibility index (Phi) is 5.05. The molecule has 100 valence electrons. The Morgan fingerprint density at radius 2 is 2.00 bits per heavy atom. The van der Waals surface area contributed by atoms with Gasteiger partial charge in [-0.2, -0.15) is 0 Å². The molecule has 0 aromatic heterocycles. The zero-order valence-electron chi connectivity index (χ0n) is 10.3. The van der Waals surface area contributed by atoms with E-state index in [9.17, 15) is 4.39 Å². The quantitative estimate of drug-likeness (QED) is 0.660. The van der Waals surface area contributed by atoms with E-state index in [1.54, 1.807) is 6.07 Å². The summed E-state index contributed by atoms with van der Waals surface area (Å²) in [5, 5.41) is 0. The van der Waals surface area contributed by atoms with E-state index < -0.39 is 0 Å². The van der Waals surface area contributed by atoms with E-state index in [4.69, 9.17) is 10.5 Å². The van der Waals surface area contributed by atoms with E-state index in [1.807, 2.05) is 22.6 Å². The van der Waals surface area contributed by atoms with Crippen molar-refractivity contribution in [3.63, 3.8) is 0 Å². The highest BCUT2D eigenvalue weighted by Gasteiger charge is 2.11. The fourth-order valence-corrected chi connectivity index (χ4v) is 2.63. The first kappa shape index (κ1) is 13.9. The summed E-state index contributed by atoms with van der Waals surface area (Å²) in [6, 6.07) is 2.97. The topological polar surface area (TPSA) is 38.5 Å². The Bertz CT molecular complexity index is 408. The van der Waals surface area contributed by atoms with Gasteiger partial charge in [0.25, 0.3) is 0 Å². The number of likely N-dealkylation sites (tertiary alicyclic amines) is 1. The van der Waals surface area contributed by atoms with E-state index in [1.165, 1.54) is 25.3 Å². The molecule has 0 bridgehead atoms. The van der Waals surface area contributed by atoms with Crippen molar-refractivity contribution < 1.29 is 9.13 Å². The van der Waals surface area contributed by atoms with Gasteiger partial charge < -0.3 is 10.5 Å². The van der Waals surface area contributed by atoms with Crippen LogP contribution in [0.3, 0.4) is 0 Å². The normalized spacial score (nSPS) is 16.8. The molecule has 0 unspecified atom stereocenters. The second-order valence-electron chi connectivity index (χ2n) is 4.55. The Balaban J connectivity index is 1.84. The molecule has 1 aliphatic rings. The van der Waals surface area contributed by atoms with Gasteiger partial charge in [0.2, 0.25) is 0 Å². The molecule has 1 heterocycles. The number of halogens is 2. The number of hydrogen-bond donors (Lipinski definition) is 1. The van der Waals surface area contributed by atoms with Gasteiger partial charge in [-0.05, 0) is 54.6 Å². The average Bonchev–Trinajstić information content (AvgIpc) is 2.37. The van der Waals surface area contributed by atoms with Crippen LogP contribution in [0.2, 0.25) is 0 Å². The number of nitrogen functional groups attached to an aromatic ring is 1. The number of ether oxygens (including phenoxy) is 1. The first-order valence-corrected chi connectivity index (χ1v) is 7.34. The number of nitrogens with two attached hydrogens (primary N) is 1. The Morgan fingerprint density at radius 1 is 1.28 bits per heavy atom. The molecule has 2 N–H and O–H groups in total. The van der Waals surface area contributed by atoms with Crippen molar-refractivity contribution in [2.24, 2.45) is 0 Å². The summed E-state index contributed by atoms with van der Waals surface area (Å²) in [6.45, 7) is 3.72. The minimum Gasteiger partial charge on any atom is -0.490 e. The van der Waals surface area contributed by atoms with Crippen LogP contribution in [0.15, 0.2) is 12.1 Å². The Morgan fingerprint density at radius 3 is 2.72 bits per heavy atom. The highest BCUT2D eigenvalue weighted by atomic mass is 127. The lowest BCUT2D eigenvalue weighted by atomic mass is 10.1. The van der Waals surface area contributed by atoms with Gasteiger partial charge in [-0.3, -0.25) is 4.90 Å². The highest BCUT2D eigenvalue weighted by Crippen LogP contribution is 2.26. The summed E-state index contributed by atoms with van der Waals surface area (Å²) in [4.78, 5) is 2.38. The molecule has 2 rings (SSSR count). The van der Waals surface area contributed by atoms with Gasteiger partial charge in [-0.25, -0.2) is 4.39 Å². The summed E-state index contributed by atoms with van der Waals surface area (Å²) in [6.07, 6.45) is 3.85. The van der Waals surface area contributed by atoms with E-state index in [0.717, 1.165) is 19.6 Å². The van der Waals surface area contributed by atoms with Crippen LogP contribution in [0, 0.1) is 9.39 Å². The van der Waals surface area contributed by atoms with Crippen molar-refractivity contribution in [1.82, 2.24) is 4.90 Å². The lowest BCUT2D eigenvalue weighted by Gasteiger charge is -2.26. The van der Waals surface area contributed by atoms with Gasteiger partial charge in [0, 0.05) is 12.6 Å². The molecule has 1 aromatic carbocycles. The largest absolute Gasteiger partial charge is 0.490 e. The number of hydrogen-bond acceptors (Lipinski definition) is 3. The number of rotatable bonds is 4. The van der Waals surface area contributed by atoms with Crippen LogP contribution in [0.1, 0.15) is 19.3 Å². The number of anilines is 1. The maximum absolute atomic E-state index is 13.4. The lowest BCUT2D eigenvalue weighted by Crippen LogP contribution is -2.33. The Hall–Kier alpha value is -0.560. The van der Waals surface area contributed by atoms with Gasteiger partial charge in [-0.15, -0.1) is 0 Å². The second kappa shape index (κ2) is 6.56. The molecule has 5 heteroatoms. The predicted molar refractivity (Wildman–Crippen MR) is 79.3 cm³/mol. The van der Waals surface area contributed by atoms with Crippen LogP contribution >= 0.6 is 22.6 Å². The molecule has 0 saturated carbocycles. The van der Waals surface area contributed by atoms with Crippen LogP contribution in [-0.4, -0.2) is 31.1 Å². The smallest absolute Gasteiger partial charge is 0.145 e. The van der Waals surface area contributed by atoms with E-state index in [2.05, 4.69) is 4.90 Å². The van der Waals surface area contributed by atoms with Crippen LogP contribution in [0.5, 0.6) is 5.75 Å². The number of nitrogens with zero attached hydrogens (tertiary/aromatic N) is 1. The zero-order chi connectivity index (χ0) is 13.0. The third-order valence-corrected chi connectivity index (χ3v) is 3.99. The van der Waals surface area contributed by atoms with E-state index in [-0.39, 0.29) is 5.82 Å². The summed E-state index contributed by atoms with van der Waals surface area (Å²) in [5.41, 5.74) is 6.30. The van der Waals surface area contributed by atoms with E-state index in [0.29, 0.717) is 21.6 Å². The van der Waals surface area contributed by atoms with Crippen LogP contribution in [-0.2, 0) is 0 Å². The fraction of sp³-hybridized carbons (Fsp3) is 0.538. The summed E-state index contributed by atoms with van der Waals surface area (Å²) in [7, 11) is 0. The average molecular weight is 364 g/mol. The third kappa shape index (κ3) is 3.71. The van der Waals surface area contributed by atoms with Crippen molar-refractivity contribution in [2.45, 2.75) is 19.3 Å². The van der Waals surface area contributed by atoms with Crippen molar-refractivity contribution in [3.05, 3.63) is 21.5 Å². The molecule has 0 amide bonds. The van der Waals surface area contributed by atoms with Crippen molar-refractivity contribution in [3.8, 4) is 5.75 Å². The molecule has 3 nitrogen and oxygen atoms in total. The number of benzene rings is 1. The molecular weight excluding hydrogens is 346 g/mol. The number of piperidine rings is 1. The van der Waals surface area contributed by atoms with Crippen LogP contribution < -0.4 is 10.5 Å². The Labute approximate surface area is 121 Å². The van der Waals surface area contributed by atoms with Gasteiger partial charge >= 0.3 is 0 Å². The first-order valence-electron chi connectivity index (χ1n) is 6.26. The van der Waals surface area contributed by atoms with Gasteiger partial charge in [0.15, 0.2) is 0 Å². The predicted octanol–water partition coefficient (Wildman–Crippen LogP) is 2.88. The minimum atomic E-state index is -0.280. The second-order valence-corrected chi connectivity index (χ2v) is 5.72. The SMILES string of the molecule is Nc1cc(I)c(F)cc1OCCN1CCCCC1. The van der Waals surface area contributed by atoms with Crippen molar-refractivity contribution >= 4 is 28.3 Å². The molecular formula is C13H18FIN2O. The van der Waals surface area contributed by atoms with Gasteiger partial charge in [0.05, 0.1) is 9.26 Å². The molecule has 1 fully saturated rings. The highest BCUT2D eigenvalue weighted by molar-refractivity contribution is 14.1. The summed E-state index contributed by atoms with van der Waals surface area (Å²) >= 11 is 1.92. The molecule has 1 aromatic rings. The third-order valence-electron chi connectivity index (χ3n) is 3.17. The summed E-state index contributed by atoms with van der Waals surface area (Å²) in [5.74, 6) is 0.169. The zero-order valence-corrected chi connectivity index (χ0v) is 12.5. The van der Waals surface area contributed by atoms with Crippen molar-refractivity contribution in [1.29, 1.82) is 0 Å². The molecule has 0 atom stereocenters. The monoisotopic (exact) mass is 364 g/mol. The minimum absolute atomic E-state index is 0.280. The maximum atomic E-state index is 13.4. The molecule has 0 radical (unpaired) electrons. The molecule has 1 saturated heterocycles. The standard InChI is InChI=1S/C13H18FIN2O/c14-10-8-13(12(16)9-11(10)15)18-7-6-17-4-2-1-3-5-17/h8-9H,1-7,16H2. The van der Waals surface area contributed by atoms with Crippen LogP contribution in [0.25, 0.3) is 0 Å². The van der Waals surface area contributed by atoms with Crippen molar-refractivity contribution in [2.75, 3.05) is 32.0 Å². The molecule has 1 aliphatic heterocycles. The summed E-state index contributed by atoms with van der Waals surface area (Å²) < 4.78 is 19.5. The first-order chi connectivity index (χ1) is 8.66. The van der Waals surface area contributed by atoms with E-state index >= 15 is 0 Å². The fourth-order valence-electron chi connectivity index (χ4n) is 2.14. The van der Waals surface area contributed by atoms with Gasteiger partial charge in [-0.1, -0.05) is 6.42 Å². The maximum Gasteiger partial charge on any atom is 0.145 e. The molecule has 18 heavy (non-hydrogen) atoms. The van der Waals surface area contributed by atoms with Gasteiger partial charge in [0.1, 0.15) is 18.2 Å². The van der Waals surface area contributed by atoms with Crippen LogP contribution in [0.4, 0.5) is 10.1 Å². The molecule has 0 spiro atoms.